The first-order valence-electron chi connectivity index (χ1n) is 11.2. The summed E-state index contributed by atoms with van der Waals surface area (Å²) < 4.78 is 6.60. The highest BCUT2D eigenvalue weighted by Gasteiger charge is 2.46. The summed E-state index contributed by atoms with van der Waals surface area (Å²) >= 11 is 3.41. The third-order valence-electron chi connectivity index (χ3n) is 5.87. The minimum Gasteiger partial charge on any atom is -0.507 e. The van der Waals surface area contributed by atoms with Crippen molar-refractivity contribution in [3.8, 4) is 5.75 Å². The molecule has 3 aromatic rings. The number of amides is 1. The van der Waals surface area contributed by atoms with Crippen LogP contribution in [0.2, 0.25) is 0 Å². The van der Waals surface area contributed by atoms with Gasteiger partial charge in [0.1, 0.15) is 11.5 Å². The van der Waals surface area contributed by atoms with Crippen LogP contribution in [0, 0.1) is 0 Å². The van der Waals surface area contributed by atoms with E-state index in [0.717, 1.165) is 21.3 Å². The third kappa shape index (κ3) is 4.38. The number of benzene rings is 3. The molecule has 4 rings (SSSR count). The number of carbonyl (C=O) groups is 2. The van der Waals surface area contributed by atoms with Gasteiger partial charge in [-0.3, -0.25) is 14.5 Å². The molecular formula is C28H26BrNO4. The van der Waals surface area contributed by atoms with Gasteiger partial charge in [-0.1, -0.05) is 60.1 Å². The van der Waals surface area contributed by atoms with Crippen LogP contribution in [0.4, 0.5) is 5.69 Å². The quantitative estimate of drug-likeness (QED) is 0.226. The number of Topliss-reactive ketones (excluding diaryl/α,β-unsaturated/α-hetero) is 1. The van der Waals surface area contributed by atoms with Crippen LogP contribution in [0.15, 0.2) is 82.8 Å². The fraction of sp³-hybridized carbons (Fsp3) is 0.214. The highest BCUT2D eigenvalue weighted by Crippen LogP contribution is 2.43. The van der Waals surface area contributed by atoms with Crippen LogP contribution in [-0.2, 0) is 9.59 Å². The Morgan fingerprint density at radius 3 is 2.32 bits per heavy atom. The van der Waals surface area contributed by atoms with E-state index in [2.05, 4.69) is 15.9 Å². The predicted molar refractivity (Wildman–Crippen MR) is 137 cm³/mol. The Morgan fingerprint density at radius 1 is 1.03 bits per heavy atom. The molecule has 0 aromatic heterocycles. The molecule has 1 amide bonds. The van der Waals surface area contributed by atoms with Crippen molar-refractivity contribution in [3.63, 3.8) is 0 Å². The summed E-state index contributed by atoms with van der Waals surface area (Å²) in [4.78, 5) is 28.0. The number of nitrogens with zero attached hydrogens (tertiary/aromatic N) is 1. The highest BCUT2D eigenvalue weighted by molar-refractivity contribution is 9.10. The second-order valence-corrected chi connectivity index (χ2v) is 9.31. The molecular weight excluding hydrogens is 494 g/mol. The number of hydrogen-bond acceptors (Lipinski definition) is 4. The first kappa shape index (κ1) is 23.8. The summed E-state index contributed by atoms with van der Waals surface area (Å²) in [7, 11) is 0. The zero-order valence-electron chi connectivity index (χ0n) is 19.3. The molecule has 1 N–H and O–H groups in total. The normalized spacial score (nSPS) is 17.4. The van der Waals surface area contributed by atoms with E-state index in [4.69, 9.17) is 4.74 Å². The van der Waals surface area contributed by atoms with Crippen LogP contribution < -0.4 is 9.64 Å². The molecule has 1 atom stereocenters. The molecule has 174 valence electrons. The number of hydrogen-bond donors (Lipinski definition) is 1. The zero-order valence-corrected chi connectivity index (χ0v) is 20.9. The van der Waals surface area contributed by atoms with Crippen LogP contribution in [0.3, 0.4) is 0 Å². The maximum atomic E-state index is 13.3. The van der Waals surface area contributed by atoms with Crippen molar-refractivity contribution in [2.24, 2.45) is 0 Å². The Labute approximate surface area is 207 Å². The zero-order chi connectivity index (χ0) is 24.4. The Hall–Kier alpha value is -3.38. The lowest BCUT2D eigenvalue weighted by molar-refractivity contribution is -0.132. The molecule has 1 unspecified atom stereocenters. The second kappa shape index (κ2) is 9.85. The minimum atomic E-state index is -0.753. The number of aliphatic hydroxyl groups is 1. The highest BCUT2D eigenvalue weighted by atomic mass is 79.9. The standard InChI is InChI=1S/C28H26BrNO4/c1-4-34-23-15-10-19(16-22(23)17(2)3)26(31)24-25(18-8-6-5-7-9-18)30(28(33)27(24)32)21-13-11-20(29)12-14-21/h5-17,25,31H,4H2,1-3H3/b26-24-. The number of ketones is 1. The molecule has 6 heteroatoms. The van der Waals surface area contributed by atoms with Crippen LogP contribution in [0.1, 0.15) is 49.4 Å². The van der Waals surface area contributed by atoms with Crippen molar-refractivity contribution >= 4 is 39.1 Å². The van der Waals surface area contributed by atoms with Gasteiger partial charge in [-0.2, -0.15) is 0 Å². The van der Waals surface area contributed by atoms with Crippen molar-refractivity contribution in [2.45, 2.75) is 32.7 Å². The molecule has 0 spiro atoms. The lowest BCUT2D eigenvalue weighted by Gasteiger charge is -2.25. The second-order valence-electron chi connectivity index (χ2n) is 8.40. The number of aliphatic hydroxyl groups excluding tert-OH is 1. The van der Waals surface area contributed by atoms with E-state index in [1.165, 1.54) is 4.90 Å². The molecule has 0 aliphatic carbocycles. The van der Waals surface area contributed by atoms with E-state index in [0.29, 0.717) is 17.9 Å². The Morgan fingerprint density at radius 2 is 1.71 bits per heavy atom. The van der Waals surface area contributed by atoms with Gasteiger partial charge in [0.15, 0.2) is 0 Å². The molecule has 0 bridgehead atoms. The van der Waals surface area contributed by atoms with Crippen molar-refractivity contribution in [1.29, 1.82) is 0 Å². The first-order valence-corrected chi connectivity index (χ1v) is 12.0. The van der Waals surface area contributed by atoms with Gasteiger partial charge >= 0.3 is 0 Å². The Balaban J connectivity index is 1.91. The van der Waals surface area contributed by atoms with Crippen LogP contribution in [0.5, 0.6) is 5.75 Å². The SMILES string of the molecule is CCOc1ccc(/C(O)=C2/C(=O)C(=O)N(c3ccc(Br)cc3)C2c2ccccc2)cc1C(C)C. The van der Waals surface area contributed by atoms with Gasteiger partial charge in [-0.25, -0.2) is 0 Å². The van der Waals surface area contributed by atoms with E-state index in [1.807, 2.05) is 69.3 Å². The van der Waals surface area contributed by atoms with Gasteiger partial charge in [0.25, 0.3) is 11.7 Å². The van der Waals surface area contributed by atoms with E-state index in [1.54, 1.807) is 24.3 Å². The summed E-state index contributed by atoms with van der Waals surface area (Å²) in [6.45, 7) is 6.52. The summed E-state index contributed by atoms with van der Waals surface area (Å²) in [5.41, 5.74) is 2.78. The summed E-state index contributed by atoms with van der Waals surface area (Å²) in [6, 6.07) is 21.1. The van der Waals surface area contributed by atoms with E-state index in [9.17, 15) is 14.7 Å². The largest absolute Gasteiger partial charge is 0.507 e. The van der Waals surface area contributed by atoms with Crippen molar-refractivity contribution in [1.82, 2.24) is 0 Å². The monoisotopic (exact) mass is 519 g/mol. The molecule has 3 aromatic carbocycles. The average molecular weight is 520 g/mol. The van der Waals surface area contributed by atoms with Gasteiger partial charge in [0, 0.05) is 15.7 Å². The molecule has 5 nitrogen and oxygen atoms in total. The average Bonchev–Trinajstić information content (AvgIpc) is 3.10. The fourth-order valence-corrected chi connectivity index (χ4v) is 4.50. The lowest BCUT2D eigenvalue weighted by atomic mass is 9.93. The number of rotatable bonds is 6. The predicted octanol–water partition coefficient (Wildman–Crippen LogP) is 6.60. The van der Waals surface area contributed by atoms with Crippen LogP contribution in [0.25, 0.3) is 5.76 Å². The Bertz CT molecular complexity index is 1250. The molecule has 1 aliphatic heterocycles. The van der Waals surface area contributed by atoms with Crippen molar-refractivity contribution < 1.29 is 19.4 Å². The number of anilines is 1. The van der Waals surface area contributed by atoms with Crippen molar-refractivity contribution in [3.05, 3.63) is 99.5 Å². The maximum absolute atomic E-state index is 13.3. The molecule has 1 fully saturated rings. The Kier molecular flexibility index (Phi) is 6.89. The number of halogens is 1. The van der Waals surface area contributed by atoms with Gasteiger partial charge in [-0.05, 0) is 66.4 Å². The molecule has 34 heavy (non-hydrogen) atoms. The first-order chi connectivity index (χ1) is 16.3. The third-order valence-corrected chi connectivity index (χ3v) is 6.40. The topological polar surface area (TPSA) is 66.8 Å². The minimum absolute atomic E-state index is 0.0676. The number of carbonyl (C=O) groups excluding carboxylic acids is 2. The van der Waals surface area contributed by atoms with E-state index >= 15 is 0 Å². The molecule has 0 radical (unpaired) electrons. The summed E-state index contributed by atoms with van der Waals surface area (Å²) in [6.07, 6.45) is 0. The van der Waals surface area contributed by atoms with Crippen LogP contribution in [-0.4, -0.2) is 23.4 Å². The van der Waals surface area contributed by atoms with Crippen molar-refractivity contribution in [2.75, 3.05) is 11.5 Å². The summed E-state index contributed by atoms with van der Waals surface area (Å²) in [5, 5.41) is 11.4. The smallest absolute Gasteiger partial charge is 0.300 e. The van der Waals surface area contributed by atoms with Crippen LogP contribution >= 0.6 is 15.9 Å². The molecule has 1 saturated heterocycles. The maximum Gasteiger partial charge on any atom is 0.300 e. The van der Waals surface area contributed by atoms with Gasteiger partial charge < -0.3 is 9.84 Å². The van der Waals surface area contributed by atoms with E-state index < -0.39 is 17.7 Å². The summed E-state index contributed by atoms with van der Waals surface area (Å²) in [5.74, 6) is -0.702. The molecule has 1 aliphatic rings. The molecule has 1 heterocycles. The number of ether oxygens (including phenoxy) is 1. The van der Waals surface area contributed by atoms with Gasteiger partial charge in [0.2, 0.25) is 0 Å². The van der Waals surface area contributed by atoms with Gasteiger partial charge in [-0.15, -0.1) is 0 Å². The lowest BCUT2D eigenvalue weighted by Crippen LogP contribution is -2.29. The molecule has 0 saturated carbocycles. The fourth-order valence-electron chi connectivity index (χ4n) is 4.24. The van der Waals surface area contributed by atoms with Gasteiger partial charge in [0.05, 0.1) is 18.2 Å². The van der Waals surface area contributed by atoms with E-state index in [-0.39, 0.29) is 17.3 Å².